The topological polar surface area (TPSA) is 73.3 Å². The number of hydrogen-bond donors (Lipinski definition) is 1. The maximum atomic E-state index is 11.4. The number of fused-ring (bicyclic) bond motifs is 5. The second kappa shape index (κ2) is 5.37. The van der Waals surface area contributed by atoms with Crippen molar-refractivity contribution in [1.29, 1.82) is 0 Å². The SMILES string of the molecule is NS(=O)(=O)c1cc2ccc3c4ccccc4ccc3c2o1.[NaH]. The minimum absolute atomic E-state index is 0. The molecule has 0 bridgehead atoms. The van der Waals surface area contributed by atoms with E-state index in [1.807, 2.05) is 48.5 Å². The Kier molecular flexibility index (Phi) is 3.79. The van der Waals surface area contributed by atoms with E-state index in [1.54, 1.807) is 0 Å². The van der Waals surface area contributed by atoms with Crippen molar-refractivity contribution in [3.63, 3.8) is 0 Å². The van der Waals surface area contributed by atoms with Crippen LogP contribution >= 0.6 is 0 Å². The van der Waals surface area contributed by atoms with Crippen molar-refractivity contribution in [3.8, 4) is 0 Å². The summed E-state index contributed by atoms with van der Waals surface area (Å²) in [5.74, 6) is 0. The number of benzene rings is 3. The van der Waals surface area contributed by atoms with Gasteiger partial charge in [-0.15, -0.1) is 0 Å². The molecule has 4 rings (SSSR count). The fourth-order valence-corrected chi connectivity index (χ4v) is 3.19. The first-order chi connectivity index (χ1) is 10.0. The van der Waals surface area contributed by atoms with E-state index >= 15 is 0 Å². The Balaban J connectivity index is 0.00000144. The van der Waals surface area contributed by atoms with Crippen LogP contribution in [0.2, 0.25) is 0 Å². The molecule has 0 aliphatic carbocycles. The maximum absolute atomic E-state index is 11.4. The molecule has 0 spiro atoms. The summed E-state index contributed by atoms with van der Waals surface area (Å²) in [4.78, 5) is 0. The second-order valence-corrected chi connectivity index (χ2v) is 6.47. The van der Waals surface area contributed by atoms with Crippen molar-refractivity contribution in [3.05, 3.63) is 54.6 Å². The van der Waals surface area contributed by atoms with Gasteiger partial charge >= 0.3 is 29.6 Å². The van der Waals surface area contributed by atoms with Gasteiger partial charge in [0.25, 0.3) is 10.0 Å². The summed E-state index contributed by atoms with van der Waals surface area (Å²) < 4.78 is 28.4. The molecule has 0 saturated heterocycles. The Labute approximate surface area is 149 Å². The number of furan rings is 1. The zero-order chi connectivity index (χ0) is 14.6. The van der Waals surface area contributed by atoms with Crippen molar-refractivity contribution in [2.45, 2.75) is 5.09 Å². The van der Waals surface area contributed by atoms with Crippen LogP contribution in [0.3, 0.4) is 0 Å². The van der Waals surface area contributed by atoms with Crippen molar-refractivity contribution in [2.24, 2.45) is 5.14 Å². The molecule has 0 saturated carbocycles. The average Bonchev–Trinajstić information content (AvgIpc) is 2.91. The Bertz CT molecular complexity index is 1120. The molecule has 3 aromatic carbocycles. The summed E-state index contributed by atoms with van der Waals surface area (Å²) >= 11 is 0. The predicted molar refractivity (Wildman–Crippen MR) is 89.7 cm³/mol. The van der Waals surface area contributed by atoms with E-state index in [1.165, 1.54) is 6.07 Å². The summed E-state index contributed by atoms with van der Waals surface area (Å²) in [5.41, 5.74) is 0.544. The van der Waals surface area contributed by atoms with Crippen LogP contribution in [0.15, 0.2) is 64.1 Å². The summed E-state index contributed by atoms with van der Waals surface area (Å²) in [6.07, 6.45) is 0. The molecule has 0 unspecified atom stereocenters. The van der Waals surface area contributed by atoms with Gasteiger partial charge in [0.2, 0.25) is 5.09 Å². The van der Waals surface area contributed by atoms with Gasteiger partial charge in [0, 0.05) is 16.8 Å². The molecule has 0 fully saturated rings. The third-order valence-electron chi connectivity index (χ3n) is 3.66. The van der Waals surface area contributed by atoms with Crippen molar-refractivity contribution in [2.75, 3.05) is 0 Å². The van der Waals surface area contributed by atoms with Crippen LogP contribution < -0.4 is 5.14 Å². The molecule has 2 N–H and O–H groups in total. The standard InChI is InChI=1S/C16H11NO3S.Na.H/c17-21(18,19)15-9-11-6-7-13-12-4-2-1-3-10(12)5-8-14(13)16(11)20-15;;/h1-9H,(H2,17,18,19);;. The van der Waals surface area contributed by atoms with Gasteiger partial charge in [-0.25, -0.2) is 13.6 Å². The second-order valence-electron chi connectivity index (χ2n) is 4.98. The minimum atomic E-state index is -3.84. The molecule has 0 radical (unpaired) electrons. The summed E-state index contributed by atoms with van der Waals surface area (Å²) in [6.45, 7) is 0. The normalized spacial score (nSPS) is 11.9. The molecule has 4 nitrogen and oxygen atoms in total. The van der Waals surface area contributed by atoms with Gasteiger partial charge in [-0.1, -0.05) is 42.5 Å². The van der Waals surface area contributed by atoms with Crippen LogP contribution in [0.1, 0.15) is 0 Å². The third kappa shape index (κ3) is 2.35. The third-order valence-corrected chi connectivity index (χ3v) is 4.43. The number of rotatable bonds is 1. The van der Waals surface area contributed by atoms with Gasteiger partial charge in [0.15, 0.2) is 0 Å². The molecular weight excluding hydrogens is 309 g/mol. The Hall–Kier alpha value is -1.37. The molecule has 0 amide bonds. The average molecular weight is 321 g/mol. The van der Waals surface area contributed by atoms with Gasteiger partial charge in [0.1, 0.15) is 5.58 Å². The summed E-state index contributed by atoms with van der Waals surface area (Å²) in [7, 11) is -3.84. The monoisotopic (exact) mass is 321 g/mol. The van der Waals surface area contributed by atoms with Gasteiger partial charge in [-0.3, -0.25) is 0 Å². The molecule has 1 aromatic heterocycles. The van der Waals surface area contributed by atoms with Crippen LogP contribution in [0.5, 0.6) is 0 Å². The fraction of sp³-hybridized carbons (Fsp3) is 0. The number of primary sulfonamides is 1. The molecule has 0 aliphatic heterocycles. The van der Waals surface area contributed by atoms with E-state index in [0.29, 0.717) is 5.58 Å². The Morgan fingerprint density at radius 1 is 0.818 bits per heavy atom. The molecule has 6 heteroatoms. The summed E-state index contributed by atoms with van der Waals surface area (Å²) in [6, 6.07) is 17.3. The van der Waals surface area contributed by atoms with Crippen molar-refractivity contribution < 1.29 is 12.8 Å². The molecule has 1 heterocycles. The first-order valence-corrected chi connectivity index (χ1v) is 7.95. The number of hydrogen-bond acceptors (Lipinski definition) is 3. The van der Waals surface area contributed by atoms with E-state index < -0.39 is 10.0 Å². The van der Waals surface area contributed by atoms with Crippen LogP contribution in [0, 0.1) is 0 Å². The number of sulfonamides is 1. The zero-order valence-electron chi connectivity index (χ0n) is 10.9. The van der Waals surface area contributed by atoms with Crippen LogP contribution in [-0.4, -0.2) is 38.0 Å². The molecule has 0 aliphatic rings. The van der Waals surface area contributed by atoms with E-state index in [0.717, 1.165) is 26.9 Å². The van der Waals surface area contributed by atoms with E-state index in [2.05, 4.69) is 0 Å². The first kappa shape index (κ1) is 15.5. The van der Waals surface area contributed by atoms with E-state index in [-0.39, 0.29) is 34.6 Å². The zero-order valence-corrected chi connectivity index (χ0v) is 11.7. The van der Waals surface area contributed by atoms with Gasteiger partial charge < -0.3 is 4.42 Å². The molecular formula is C16H12NNaO3S. The molecule has 22 heavy (non-hydrogen) atoms. The van der Waals surface area contributed by atoms with Crippen LogP contribution in [0.4, 0.5) is 0 Å². The Morgan fingerprint density at radius 2 is 1.50 bits per heavy atom. The quantitative estimate of drug-likeness (QED) is 0.433. The first-order valence-electron chi connectivity index (χ1n) is 6.41. The molecule has 4 aromatic rings. The van der Waals surface area contributed by atoms with Crippen molar-refractivity contribution in [1.82, 2.24) is 0 Å². The van der Waals surface area contributed by atoms with Gasteiger partial charge in [-0.05, 0) is 22.2 Å². The number of nitrogens with two attached hydrogens (primary N) is 1. The molecule has 106 valence electrons. The summed E-state index contributed by atoms with van der Waals surface area (Å²) in [5, 5.41) is 9.78. The van der Waals surface area contributed by atoms with Crippen LogP contribution in [-0.2, 0) is 10.0 Å². The van der Waals surface area contributed by atoms with E-state index in [9.17, 15) is 8.42 Å². The predicted octanol–water partition coefficient (Wildman–Crippen LogP) is 2.74. The molecule has 0 atom stereocenters. The van der Waals surface area contributed by atoms with Gasteiger partial charge in [-0.2, -0.15) is 0 Å². The van der Waals surface area contributed by atoms with E-state index in [4.69, 9.17) is 9.56 Å². The Morgan fingerprint density at radius 3 is 2.27 bits per heavy atom. The van der Waals surface area contributed by atoms with Crippen molar-refractivity contribution >= 4 is 72.1 Å². The van der Waals surface area contributed by atoms with Crippen LogP contribution in [0.25, 0.3) is 32.5 Å². The van der Waals surface area contributed by atoms with Gasteiger partial charge in [0.05, 0.1) is 0 Å². The fourth-order valence-electron chi connectivity index (χ4n) is 2.70.